The summed E-state index contributed by atoms with van der Waals surface area (Å²) in [4.78, 5) is 8.09. The van der Waals surface area contributed by atoms with Crippen LogP contribution in [0.1, 0.15) is 25.1 Å². The van der Waals surface area contributed by atoms with E-state index in [1.54, 1.807) is 12.3 Å². The van der Waals surface area contributed by atoms with Crippen LogP contribution in [0.25, 0.3) is 0 Å². The molecule has 1 aromatic heterocycles. The number of rotatable bonds is 4. The van der Waals surface area contributed by atoms with E-state index in [1.165, 1.54) is 19.3 Å². The molecule has 0 spiro atoms. The molecule has 15 heavy (non-hydrogen) atoms. The number of nitrogens with one attached hydrogen (secondary N) is 1. The zero-order valence-corrected chi connectivity index (χ0v) is 9.04. The lowest BCUT2D eigenvalue weighted by Gasteiger charge is -2.26. The van der Waals surface area contributed by atoms with Crippen LogP contribution in [-0.4, -0.2) is 24.8 Å². The van der Waals surface area contributed by atoms with Gasteiger partial charge in [-0.3, -0.25) is 0 Å². The standard InChI is InChI=1S/C9H13N3O2S/c13-15(14)6-9-10-5-4-8(12-9)11-7-2-1-3-7/h4-5,7H,1-3,6H2,(H,13,14)(H,10,11,12). The summed E-state index contributed by atoms with van der Waals surface area (Å²) in [5.41, 5.74) is 0. The molecule has 2 N–H and O–H groups in total. The Kier molecular flexibility index (Phi) is 3.27. The summed E-state index contributed by atoms with van der Waals surface area (Å²) in [5, 5.41) is 3.26. The van der Waals surface area contributed by atoms with Crippen molar-refractivity contribution >= 4 is 16.9 Å². The van der Waals surface area contributed by atoms with Crippen LogP contribution in [0.4, 0.5) is 5.82 Å². The van der Waals surface area contributed by atoms with Crippen molar-refractivity contribution < 1.29 is 8.76 Å². The third-order valence-electron chi connectivity index (χ3n) is 2.42. The molecule has 1 atom stereocenters. The Morgan fingerprint density at radius 1 is 1.60 bits per heavy atom. The van der Waals surface area contributed by atoms with Gasteiger partial charge in [0.2, 0.25) is 0 Å². The lowest BCUT2D eigenvalue weighted by Crippen LogP contribution is -2.27. The second-order valence-corrected chi connectivity index (χ2v) is 4.53. The number of nitrogens with zero attached hydrogens (tertiary/aromatic N) is 2. The molecule has 0 aliphatic heterocycles. The van der Waals surface area contributed by atoms with Gasteiger partial charge in [0.15, 0.2) is 11.1 Å². The highest BCUT2D eigenvalue weighted by Crippen LogP contribution is 2.21. The van der Waals surface area contributed by atoms with Crippen molar-refractivity contribution in [2.75, 3.05) is 5.32 Å². The fourth-order valence-corrected chi connectivity index (χ4v) is 1.78. The summed E-state index contributed by atoms with van der Waals surface area (Å²) in [5.74, 6) is 1.13. The third kappa shape index (κ3) is 2.97. The molecule has 2 rings (SSSR count). The summed E-state index contributed by atoms with van der Waals surface area (Å²) >= 11 is -1.88. The maximum absolute atomic E-state index is 10.6. The number of anilines is 1. The van der Waals surface area contributed by atoms with E-state index in [4.69, 9.17) is 4.55 Å². The smallest absolute Gasteiger partial charge is 0.160 e. The summed E-state index contributed by atoms with van der Waals surface area (Å²) in [6.07, 6.45) is 5.21. The molecule has 1 aliphatic carbocycles. The summed E-state index contributed by atoms with van der Waals surface area (Å²) in [6, 6.07) is 2.29. The van der Waals surface area contributed by atoms with E-state index in [1.807, 2.05) is 0 Å². The average Bonchev–Trinajstić information content (AvgIpc) is 2.11. The molecular weight excluding hydrogens is 214 g/mol. The average molecular weight is 227 g/mol. The fraction of sp³-hybridized carbons (Fsp3) is 0.556. The topological polar surface area (TPSA) is 75.1 Å². The molecule has 1 fully saturated rings. The molecule has 1 heterocycles. The van der Waals surface area contributed by atoms with Gasteiger partial charge in [0.05, 0.1) is 0 Å². The van der Waals surface area contributed by atoms with Crippen molar-refractivity contribution in [2.45, 2.75) is 31.1 Å². The number of hydrogen-bond acceptors (Lipinski definition) is 4. The molecule has 1 aliphatic rings. The molecule has 5 nitrogen and oxygen atoms in total. The predicted molar refractivity (Wildman–Crippen MR) is 57.8 cm³/mol. The normalized spacial score (nSPS) is 18.2. The molecule has 0 aromatic carbocycles. The van der Waals surface area contributed by atoms with E-state index < -0.39 is 11.1 Å². The van der Waals surface area contributed by atoms with Gasteiger partial charge in [-0.1, -0.05) is 0 Å². The monoisotopic (exact) mass is 227 g/mol. The Labute approximate surface area is 90.6 Å². The summed E-state index contributed by atoms with van der Waals surface area (Å²) in [6.45, 7) is 0. The van der Waals surface area contributed by atoms with Gasteiger partial charge in [0, 0.05) is 12.2 Å². The van der Waals surface area contributed by atoms with E-state index in [0.29, 0.717) is 11.9 Å². The largest absolute Gasteiger partial charge is 0.367 e. The molecule has 1 saturated carbocycles. The van der Waals surface area contributed by atoms with Gasteiger partial charge in [0.25, 0.3) is 0 Å². The van der Waals surface area contributed by atoms with Gasteiger partial charge >= 0.3 is 0 Å². The molecule has 0 saturated heterocycles. The maximum Gasteiger partial charge on any atom is 0.160 e. The van der Waals surface area contributed by atoms with Crippen molar-refractivity contribution in [3.8, 4) is 0 Å². The van der Waals surface area contributed by atoms with E-state index in [2.05, 4.69) is 15.3 Å². The maximum atomic E-state index is 10.6. The molecule has 0 amide bonds. The molecule has 1 unspecified atom stereocenters. The highest BCUT2D eigenvalue weighted by atomic mass is 32.2. The number of hydrogen-bond donors (Lipinski definition) is 2. The minimum absolute atomic E-state index is 0.0137. The van der Waals surface area contributed by atoms with Crippen LogP contribution in [0.15, 0.2) is 12.3 Å². The fourth-order valence-electron chi connectivity index (χ4n) is 1.42. The first-order chi connectivity index (χ1) is 7.24. The predicted octanol–water partition coefficient (Wildman–Crippen LogP) is 1.16. The van der Waals surface area contributed by atoms with Crippen molar-refractivity contribution in [1.82, 2.24) is 9.97 Å². The molecular formula is C9H13N3O2S. The van der Waals surface area contributed by atoms with Crippen molar-refractivity contribution in [3.05, 3.63) is 18.1 Å². The van der Waals surface area contributed by atoms with E-state index in [-0.39, 0.29) is 5.75 Å². The van der Waals surface area contributed by atoms with Crippen molar-refractivity contribution in [3.63, 3.8) is 0 Å². The first kappa shape index (κ1) is 10.5. The third-order valence-corrected chi connectivity index (χ3v) is 2.92. The quantitative estimate of drug-likeness (QED) is 0.755. The first-order valence-corrected chi connectivity index (χ1v) is 6.17. The van der Waals surface area contributed by atoms with Gasteiger partial charge in [-0.05, 0) is 25.3 Å². The van der Waals surface area contributed by atoms with Crippen molar-refractivity contribution in [1.29, 1.82) is 0 Å². The van der Waals surface area contributed by atoms with E-state index in [9.17, 15) is 4.21 Å². The van der Waals surface area contributed by atoms with Crippen LogP contribution in [0.5, 0.6) is 0 Å². The van der Waals surface area contributed by atoms with Crippen LogP contribution in [0.3, 0.4) is 0 Å². The second kappa shape index (κ2) is 4.67. The minimum Gasteiger partial charge on any atom is -0.367 e. The Bertz CT molecular complexity index is 368. The van der Waals surface area contributed by atoms with Gasteiger partial charge < -0.3 is 9.87 Å². The molecule has 1 aromatic rings. The number of aromatic nitrogens is 2. The van der Waals surface area contributed by atoms with Gasteiger partial charge in [-0.25, -0.2) is 14.2 Å². The molecule has 82 valence electrons. The van der Waals surface area contributed by atoms with Gasteiger partial charge in [-0.15, -0.1) is 0 Å². The van der Waals surface area contributed by atoms with Gasteiger partial charge in [0.1, 0.15) is 17.4 Å². The highest BCUT2D eigenvalue weighted by molar-refractivity contribution is 7.78. The Morgan fingerprint density at radius 2 is 2.40 bits per heavy atom. The Morgan fingerprint density at radius 3 is 3.00 bits per heavy atom. The van der Waals surface area contributed by atoms with E-state index >= 15 is 0 Å². The highest BCUT2D eigenvalue weighted by Gasteiger charge is 2.17. The van der Waals surface area contributed by atoms with Gasteiger partial charge in [-0.2, -0.15) is 0 Å². The summed E-state index contributed by atoms with van der Waals surface area (Å²) in [7, 11) is 0. The SMILES string of the molecule is O=S(O)Cc1nccc(NC2CCC2)n1. The molecule has 0 radical (unpaired) electrons. The van der Waals surface area contributed by atoms with Crippen LogP contribution >= 0.6 is 0 Å². The second-order valence-electron chi connectivity index (χ2n) is 3.60. The Balaban J connectivity index is 2.00. The van der Waals surface area contributed by atoms with Crippen LogP contribution in [-0.2, 0) is 16.8 Å². The molecule has 6 heteroatoms. The van der Waals surface area contributed by atoms with Crippen LogP contribution in [0.2, 0.25) is 0 Å². The zero-order valence-electron chi connectivity index (χ0n) is 8.22. The van der Waals surface area contributed by atoms with Crippen LogP contribution in [0, 0.1) is 0 Å². The van der Waals surface area contributed by atoms with Crippen molar-refractivity contribution in [2.24, 2.45) is 0 Å². The Hall–Kier alpha value is -1.01. The summed E-state index contributed by atoms with van der Waals surface area (Å²) < 4.78 is 19.3. The van der Waals surface area contributed by atoms with E-state index in [0.717, 1.165) is 5.82 Å². The zero-order chi connectivity index (χ0) is 10.7. The lowest BCUT2D eigenvalue weighted by atomic mass is 9.93. The molecule has 0 bridgehead atoms. The first-order valence-electron chi connectivity index (χ1n) is 4.90. The minimum atomic E-state index is -1.88. The lowest BCUT2D eigenvalue weighted by molar-refractivity contribution is 0.444. The van der Waals surface area contributed by atoms with Crippen LogP contribution < -0.4 is 5.32 Å².